The number of hydrogen-bond donors (Lipinski definition) is 2. The summed E-state index contributed by atoms with van der Waals surface area (Å²) in [5, 5.41) is 11.2. The lowest BCUT2D eigenvalue weighted by Gasteiger charge is -2.42. The highest BCUT2D eigenvalue weighted by Crippen LogP contribution is 2.36. The Labute approximate surface area is 148 Å². The Morgan fingerprint density at radius 1 is 1.42 bits per heavy atom. The van der Waals surface area contributed by atoms with Crippen molar-refractivity contribution in [2.45, 2.75) is 50.0 Å². The monoisotopic (exact) mass is 377 g/mol. The number of nitrogens with two attached hydrogens (primary N) is 1. The first-order valence-electron chi connectivity index (χ1n) is 7.71. The predicted molar refractivity (Wildman–Crippen MR) is 94.8 cm³/mol. The molecule has 2 unspecified atom stereocenters. The predicted octanol–water partition coefficient (Wildman–Crippen LogP) is 2.51. The number of halogens is 1. The van der Waals surface area contributed by atoms with E-state index >= 15 is 0 Å². The molecule has 7 nitrogen and oxygen atoms in total. The van der Waals surface area contributed by atoms with Crippen LogP contribution in [0, 0.1) is 23.0 Å². The highest BCUT2D eigenvalue weighted by molar-refractivity contribution is 7.89. The Bertz CT molecular complexity index is 711. The van der Waals surface area contributed by atoms with Crippen molar-refractivity contribution in [2.75, 3.05) is 6.54 Å². The Kier molecular flexibility index (Phi) is 6.75. The van der Waals surface area contributed by atoms with Crippen LogP contribution in [0.4, 0.5) is 5.69 Å². The van der Waals surface area contributed by atoms with Crippen LogP contribution in [0.15, 0.2) is 23.1 Å². The molecule has 0 bridgehead atoms. The van der Waals surface area contributed by atoms with Gasteiger partial charge in [-0.2, -0.15) is 0 Å². The van der Waals surface area contributed by atoms with Crippen molar-refractivity contribution in [2.24, 2.45) is 11.7 Å². The molecule has 1 fully saturated rings. The molecule has 0 radical (unpaired) electrons. The van der Waals surface area contributed by atoms with E-state index in [1.807, 2.05) is 6.92 Å². The van der Waals surface area contributed by atoms with Crippen molar-refractivity contribution in [3.8, 4) is 0 Å². The number of benzene rings is 1. The van der Waals surface area contributed by atoms with Crippen LogP contribution in [-0.4, -0.2) is 25.4 Å². The van der Waals surface area contributed by atoms with E-state index in [9.17, 15) is 18.5 Å². The molecule has 1 aromatic carbocycles. The fourth-order valence-electron chi connectivity index (χ4n) is 3.36. The van der Waals surface area contributed by atoms with E-state index in [-0.39, 0.29) is 29.8 Å². The van der Waals surface area contributed by atoms with Gasteiger partial charge in [0, 0.05) is 18.2 Å². The fraction of sp³-hybridized carbons (Fsp3) is 0.600. The van der Waals surface area contributed by atoms with Gasteiger partial charge < -0.3 is 5.73 Å². The molecule has 1 aliphatic carbocycles. The Hall–Kier alpha value is -1.22. The van der Waals surface area contributed by atoms with Crippen LogP contribution in [0.3, 0.4) is 0 Å². The summed E-state index contributed by atoms with van der Waals surface area (Å²) in [6.45, 7) is 3.70. The van der Waals surface area contributed by atoms with E-state index in [2.05, 4.69) is 4.72 Å². The molecule has 3 N–H and O–H groups in total. The standard InChI is InChI=1S/C15H23N3O4S.ClH/c1-11-6-5-8-13(18(19)20)14(11)23(21,22)17-15(10-16)9-4-3-7-12(15)2;/h5-6,8,12,17H,3-4,7,9-10,16H2,1-2H3;1H. The summed E-state index contributed by atoms with van der Waals surface area (Å²) in [4.78, 5) is 10.3. The maximum absolute atomic E-state index is 12.9. The Morgan fingerprint density at radius 2 is 2.08 bits per heavy atom. The summed E-state index contributed by atoms with van der Waals surface area (Å²) < 4.78 is 28.5. The minimum absolute atomic E-state index is 0. The highest BCUT2D eigenvalue weighted by Gasteiger charge is 2.42. The van der Waals surface area contributed by atoms with Crippen LogP contribution in [0.2, 0.25) is 0 Å². The summed E-state index contributed by atoms with van der Waals surface area (Å²) in [6, 6.07) is 4.25. The number of rotatable bonds is 5. The van der Waals surface area contributed by atoms with E-state index in [4.69, 9.17) is 5.73 Å². The normalized spacial score (nSPS) is 24.2. The molecule has 9 heteroatoms. The number of nitro benzene ring substituents is 1. The molecular weight excluding hydrogens is 354 g/mol. The third kappa shape index (κ3) is 3.88. The van der Waals surface area contributed by atoms with Crippen molar-refractivity contribution in [1.29, 1.82) is 0 Å². The molecule has 1 aliphatic rings. The first-order chi connectivity index (χ1) is 10.7. The van der Waals surface area contributed by atoms with Gasteiger partial charge in [0.1, 0.15) is 0 Å². The lowest BCUT2D eigenvalue weighted by Crippen LogP contribution is -2.59. The minimum Gasteiger partial charge on any atom is -0.329 e. The number of nitrogens with zero attached hydrogens (tertiary/aromatic N) is 1. The van der Waals surface area contributed by atoms with Gasteiger partial charge in [0.2, 0.25) is 10.0 Å². The van der Waals surface area contributed by atoms with E-state index in [0.29, 0.717) is 12.0 Å². The quantitative estimate of drug-likeness (QED) is 0.604. The van der Waals surface area contributed by atoms with Crippen LogP contribution in [0.25, 0.3) is 0 Å². The van der Waals surface area contributed by atoms with Crippen LogP contribution in [0.1, 0.15) is 38.2 Å². The third-order valence-electron chi connectivity index (χ3n) is 4.81. The molecule has 2 rings (SSSR count). The summed E-state index contributed by atoms with van der Waals surface area (Å²) in [6.07, 6.45) is 3.45. The summed E-state index contributed by atoms with van der Waals surface area (Å²) in [5.41, 5.74) is 5.09. The third-order valence-corrected chi connectivity index (χ3v) is 6.56. The largest absolute Gasteiger partial charge is 0.329 e. The molecule has 0 saturated heterocycles. The van der Waals surface area contributed by atoms with Crippen molar-refractivity contribution in [3.63, 3.8) is 0 Å². The molecule has 0 aliphatic heterocycles. The van der Waals surface area contributed by atoms with Gasteiger partial charge in [0.15, 0.2) is 4.90 Å². The first kappa shape index (κ1) is 20.8. The van der Waals surface area contributed by atoms with Gasteiger partial charge in [-0.25, -0.2) is 13.1 Å². The van der Waals surface area contributed by atoms with E-state index in [0.717, 1.165) is 19.3 Å². The molecule has 136 valence electrons. The number of nitro groups is 1. The average molecular weight is 378 g/mol. The fourth-order valence-corrected chi connectivity index (χ4v) is 5.29. The van der Waals surface area contributed by atoms with Crippen LogP contribution < -0.4 is 10.5 Å². The molecule has 0 amide bonds. The highest BCUT2D eigenvalue weighted by atomic mass is 35.5. The topological polar surface area (TPSA) is 115 Å². The summed E-state index contributed by atoms with van der Waals surface area (Å²) in [5.74, 6) is 0.0825. The van der Waals surface area contributed by atoms with Crippen LogP contribution >= 0.6 is 12.4 Å². The molecule has 2 atom stereocenters. The molecule has 0 heterocycles. The molecule has 1 saturated carbocycles. The minimum atomic E-state index is -4.04. The maximum atomic E-state index is 12.9. The maximum Gasteiger partial charge on any atom is 0.289 e. The van der Waals surface area contributed by atoms with Gasteiger partial charge >= 0.3 is 0 Å². The summed E-state index contributed by atoms with van der Waals surface area (Å²) >= 11 is 0. The second kappa shape index (κ2) is 7.77. The summed E-state index contributed by atoms with van der Waals surface area (Å²) in [7, 11) is -4.04. The lowest BCUT2D eigenvalue weighted by atomic mass is 9.74. The van der Waals surface area contributed by atoms with Gasteiger partial charge in [0.05, 0.1) is 4.92 Å². The zero-order valence-corrected chi connectivity index (χ0v) is 15.5. The zero-order chi connectivity index (χ0) is 17.3. The van der Waals surface area contributed by atoms with E-state index < -0.39 is 26.2 Å². The van der Waals surface area contributed by atoms with Gasteiger partial charge in [0.25, 0.3) is 5.69 Å². The number of hydrogen-bond acceptors (Lipinski definition) is 5. The molecule has 0 aromatic heterocycles. The number of nitrogens with one attached hydrogen (secondary N) is 1. The SMILES string of the molecule is Cc1cccc([N+](=O)[O-])c1S(=O)(=O)NC1(CN)CCCCC1C.Cl. The molecular formula is C15H24ClN3O4S. The van der Waals surface area contributed by atoms with Crippen LogP contribution in [-0.2, 0) is 10.0 Å². The zero-order valence-electron chi connectivity index (χ0n) is 13.8. The van der Waals surface area contributed by atoms with Crippen LogP contribution in [0.5, 0.6) is 0 Å². The number of aryl methyl sites for hydroxylation is 1. The van der Waals surface area contributed by atoms with Crippen molar-refractivity contribution in [1.82, 2.24) is 4.72 Å². The molecule has 1 aromatic rings. The van der Waals surface area contributed by atoms with E-state index in [1.165, 1.54) is 12.1 Å². The van der Waals surface area contributed by atoms with Crippen molar-refractivity contribution in [3.05, 3.63) is 33.9 Å². The van der Waals surface area contributed by atoms with E-state index in [1.54, 1.807) is 13.0 Å². The van der Waals surface area contributed by atoms with Gasteiger partial charge in [-0.3, -0.25) is 10.1 Å². The average Bonchev–Trinajstić information content (AvgIpc) is 2.49. The van der Waals surface area contributed by atoms with Gasteiger partial charge in [-0.05, 0) is 31.2 Å². The Morgan fingerprint density at radius 3 is 2.62 bits per heavy atom. The molecule has 24 heavy (non-hydrogen) atoms. The van der Waals surface area contributed by atoms with Crippen molar-refractivity contribution < 1.29 is 13.3 Å². The van der Waals surface area contributed by atoms with Gasteiger partial charge in [-0.1, -0.05) is 31.9 Å². The Balaban J connectivity index is 0.00000288. The smallest absolute Gasteiger partial charge is 0.289 e. The lowest BCUT2D eigenvalue weighted by molar-refractivity contribution is -0.387. The first-order valence-corrected chi connectivity index (χ1v) is 9.20. The number of sulfonamides is 1. The van der Waals surface area contributed by atoms with Gasteiger partial charge in [-0.15, -0.1) is 12.4 Å². The van der Waals surface area contributed by atoms with Crippen molar-refractivity contribution >= 4 is 28.1 Å². The second-order valence-electron chi connectivity index (χ2n) is 6.29. The second-order valence-corrected chi connectivity index (χ2v) is 7.91. The molecule has 0 spiro atoms.